The van der Waals surface area contributed by atoms with Gasteiger partial charge >= 0.3 is 7.12 Å². The fourth-order valence-electron chi connectivity index (χ4n) is 2.42. The molecule has 1 fully saturated rings. The van der Waals surface area contributed by atoms with Crippen molar-refractivity contribution in [2.24, 2.45) is 0 Å². The van der Waals surface area contributed by atoms with Crippen molar-refractivity contribution in [2.45, 2.75) is 58.1 Å². The standard InChI is InChI=1S/C16H25BO3/c1-12(13-7-9-14(18-6)10-8-13)11-17-19-15(2,3)16(4,5)20-17/h7-10,12H,11H2,1-6H3/t12-/m0/s1. The lowest BCUT2D eigenvalue weighted by Gasteiger charge is -2.32. The second kappa shape index (κ2) is 5.42. The quantitative estimate of drug-likeness (QED) is 0.781. The first-order valence-electron chi connectivity index (χ1n) is 7.25. The topological polar surface area (TPSA) is 27.7 Å². The molecule has 0 unspecified atom stereocenters. The van der Waals surface area contributed by atoms with Gasteiger partial charge in [0.2, 0.25) is 0 Å². The molecule has 1 aliphatic rings. The van der Waals surface area contributed by atoms with Crippen molar-refractivity contribution in [1.82, 2.24) is 0 Å². The Labute approximate surface area is 122 Å². The van der Waals surface area contributed by atoms with Crippen LogP contribution in [0.2, 0.25) is 6.32 Å². The van der Waals surface area contributed by atoms with Gasteiger partial charge in [-0.25, -0.2) is 0 Å². The number of benzene rings is 1. The van der Waals surface area contributed by atoms with E-state index in [-0.39, 0.29) is 18.3 Å². The molecule has 0 N–H and O–H groups in total. The Morgan fingerprint density at radius 1 is 1.05 bits per heavy atom. The monoisotopic (exact) mass is 276 g/mol. The van der Waals surface area contributed by atoms with E-state index in [4.69, 9.17) is 14.0 Å². The van der Waals surface area contributed by atoms with Gasteiger partial charge in [-0.15, -0.1) is 0 Å². The molecule has 4 heteroatoms. The van der Waals surface area contributed by atoms with E-state index in [1.807, 2.05) is 12.1 Å². The summed E-state index contributed by atoms with van der Waals surface area (Å²) in [6.07, 6.45) is 0.860. The van der Waals surface area contributed by atoms with Crippen molar-refractivity contribution < 1.29 is 14.0 Å². The second-order valence-electron chi connectivity index (χ2n) is 6.60. The van der Waals surface area contributed by atoms with E-state index in [1.54, 1.807) is 7.11 Å². The molecule has 0 bridgehead atoms. The zero-order chi connectivity index (χ0) is 15.0. The molecule has 0 aliphatic carbocycles. The molecule has 0 radical (unpaired) electrons. The van der Waals surface area contributed by atoms with Crippen LogP contribution in [-0.2, 0) is 9.31 Å². The van der Waals surface area contributed by atoms with E-state index < -0.39 is 0 Å². The minimum absolute atomic E-state index is 0.142. The molecular formula is C16H25BO3. The van der Waals surface area contributed by atoms with E-state index in [0.717, 1.165) is 12.1 Å². The molecule has 0 spiro atoms. The molecule has 1 aromatic rings. The first-order valence-corrected chi connectivity index (χ1v) is 7.25. The third kappa shape index (κ3) is 3.02. The van der Waals surface area contributed by atoms with Gasteiger partial charge in [0.25, 0.3) is 0 Å². The summed E-state index contributed by atoms with van der Waals surface area (Å²) < 4.78 is 17.3. The van der Waals surface area contributed by atoms with E-state index in [9.17, 15) is 0 Å². The smallest absolute Gasteiger partial charge is 0.458 e. The van der Waals surface area contributed by atoms with Gasteiger partial charge in [0, 0.05) is 0 Å². The highest BCUT2D eigenvalue weighted by atomic mass is 16.7. The van der Waals surface area contributed by atoms with Crippen LogP contribution >= 0.6 is 0 Å². The Kier molecular flexibility index (Phi) is 4.17. The molecule has 2 rings (SSSR count). The number of rotatable bonds is 4. The lowest BCUT2D eigenvalue weighted by molar-refractivity contribution is 0.00578. The predicted octanol–water partition coefficient (Wildman–Crippen LogP) is 3.89. The number of hydrogen-bond acceptors (Lipinski definition) is 3. The number of methoxy groups -OCH3 is 1. The summed E-state index contributed by atoms with van der Waals surface area (Å²) in [7, 11) is 1.54. The molecule has 1 heterocycles. The molecule has 0 saturated carbocycles. The van der Waals surface area contributed by atoms with Crippen LogP contribution in [0.4, 0.5) is 0 Å². The van der Waals surface area contributed by atoms with Crippen molar-refractivity contribution in [2.75, 3.05) is 7.11 Å². The van der Waals surface area contributed by atoms with Crippen LogP contribution in [0.1, 0.15) is 46.1 Å². The van der Waals surface area contributed by atoms with E-state index >= 15 is 0 Å². The first kappa shape index (κ1) is 15.4. The van der Waals surface area contributed by atoms with Crippen molar-refractivity contribution in [1.29, 1.82) is 0 Å². The normalized spacial score (nSPS) is 21.8. The molecule has 110 valence electrons. The van der Waals surface area contributed by atoms with E-state index in [0.29, 0.717) is 5.92 Å². The maximum atomic E-state index is 6.05. The fraction of sp³-hybridized carbons (Fsp3) is 0.625. The molecule has 0 amide bonds. The summed E-state index contributed by atoms with van der Waals surface area (Å²) in [5, 5.41) is 0. The van der Waals surface area contributed by atoms with Crippen molar-refractivity contribution in [3.63, 3.8) is 0 Å². The summed E-state index contributed by atoms with van der Waals surface area (Å²) in [6.45, 7) is 10.6. The third-order valence-electron chi connectivity index (χ3n) is 4.53. The van der Waals surface area contributed by atoms with Gasteiger partial charge in [-0.05, 0) is 57.6 Å². The fourth-order valence-corrected chi connectivity index (χ4v) is 2.42. The zero-order valence-electron chi connectivity index (χ0n) is 13.4. The van der Waals surface area contributed by atoms with Gasteiger partial charge in [0.15, 0.2) is 0 Å². The van der Waals surface area contributed by atoms with Crippen LogP contribution in [0.25, 0.3) is 0 Å². The average molecular weight is 276 g/mol. The van der Waals surface area contributed by atoms with Gasteiger partial charge in [-0.2, -0.15) is 0 Å². The summed E-state index contributed by atoms with van der Waals surface area (Å²) in [4.78, 5) is 0. The maximum Gasteiger partial charge on any atom is 0.458 e. The van der Waals surface area contributed by atoms with Crippen LogP contribution in [0.15, 0.2) is 24.3 Å². The van der Waals surface area contributed by atoms with Gasteiger partial charge in [-0.1, -0.05) is 19.1 Å². The Balaban J connectivity index is 2.00. The van der Waals surface area contributed by atoms with Crippen molar-refractivity contribution in [3.05, 3.63) is 29.8 Å². The van der Waals surface area contributed by atoms with Crippen molar-refractivity contribution in [3.8, 4) is 5.75 Å². The van der Waals surface area contributed by atoms with Gasteiger partial charge < -0.3 is 14.0 Å². The third-order valence-corrected chi connectivity index (χ3v) is 4.53. The zero-order valence-corrected chi connectivity index (χ0v) is 13.4. The molecule has 20 heavy (non-hydrogen) atoms. The summed E-state index contributed by atoms with van der Waals surface area (Å²) in [6, 6.07) is 8.20. The number of hydrogen-bond donors (Lipinski definition) is 0. The van der Waals surface area contributed by atoms with Gasteiger partial charge in [0.1, 0.15) is 5.75 Å². The molecule has 1 aliphatic heterocycles. The van der Waals surface area contributed by atoms with Crippen LogP contribution in [0.5, 0.6) is 5.75 Å². The Morgan fingerprint density at radius 2 is 1.55 bits per heavy atom. The lowest BCUT2D eigenvalue weighted by Crippen LogP contribution is -2.41. The molecule has 1 atom stereocenters. The highest BCUT2D eigenvalue weighted by Gasteiger charge is 2.51. The second-order valence-corrected chi connectivity index (χ2v) is 6.60. The number of ether oxygens (including phenoxy) is 1. The highest BCUT2D eigenvalue weighted by Crippen LogP contribution is 2.39. The van der Waals surface area contributed by atoms with Gasteiger partial charge in [-0.3, -0.25) is 0 Å². The summed E-state index contributed by atoms with van der Waals surface area (Å²) in [5.41, 5.74) is 0.773. The predicted molar refractivity (Wildman–Crippen MR) is 82.3 cm³/mol. The largest absolute Gasteiger partial charge is 0.497 e. The minimum Gasteiger partial charge on any atom is -0.497 e. The van der Waals surface area contributed by atoms with Crippen LogP contribution in [0, 0.1) is 0 Å². The van der Waals surface area contributed by atoms with Crippen LogP contribution in [0.3, 0.4) is 0 Å². The van der Waals surface area contributed by atoms with E-state index in [1.165, 1.54) is 5.56 Å². The summed E-state index contributed by atoms with van der Waals surface area (Å²) in [5.74, 6) is 1.27. The lowest BCUT2D eigenvalue weighted by atomic mass is 9.75. The highest BCUT2D eigenvalue weighted by molar-refractivity contribution is 6.45. The molecular weight excluding hydrogens is 251 g/mol. The Morgan fingerprint density at radius 3 is 2.00 bits per heavy atom. The first-order chi connectivity index (χ1) is 9.25. The average Bonchev–Trinajstić information content (AvgIpc) is 2.57. The molecule has 1 saturated heterocycles. The van der Waals surface area contributed by atoms with Gasteiger partial charge in [0.05, 0.1) is 18.3 Å². The summed E-state index contributed by atoms with van der Waals surface area (Å²) >= 11 is 0. The van der Waals surface area contributed by atoms with Crippen LogP contribution < -0.4 is 4.74 Å². The molecule has 3 nitrogen and oxygen atoms in total. The molecule has 0 aromatic heterocycles. The SMILES string of the molecule is COc1ccc([C@@H](C)CB2OC(C)(C)C(C)(C)O2)cc1. The Hall–Kier alpha value is -0.995. The maximum absolute atomic E-state index is 6.05. The van der Waals surface area contributed by atoms with Crippen LogP contribution in [-0.4, -0.2) is 25.4 Å². The van der Waals surface area contributed by atoms with E-state index in [2.05, 4.69) is 46.8 Å². The van der Waals surface area contributed by atoms with Crippen molar-refractivity contribution >= 4 is 7.12 Å². The molecule has 1 aromatic carbocycles. The Bertz CT molecular complexity index is 437. The minimum atomic E-state index is -0.253.